The Kier molecular flexibility index (Phi) is 14.7. The molecule has 0 aliphatic carbocycles. The number of nitrogens with one attached hydrogen (secondary N) is 2. The Morgan fingerprint density at radius 2 is 0.690 bits per heavy atom. The summed E-state index contributed by atoms with van der Waals surface area (Å²) < 4.78 is 15.0. The standard InChI is InChI=1S/2C23H18Cl2INO2/c2*24-17-7-3-15(4-8-17)21-22(16-5-9-18(25)10-6-16)29-20(23(28)27-21)13-14-1-11-19(26)12-2-14/h2*1-12,20-22H,13H2,(H,27,28)/t20-,21?,22-;20-,21+,22-/m10/s1. The molecule has 296 valence electrons. The van der Waals surface area contributed by atoms with Gasteiger partial charge in [-0.2, -0.15) is 0 Å². The van der Waals surface area contributed by atoms with Gasteiger partial charge in [0.15, 0.2) is 0 Å². The molecular weight excluding hydrogens is 1040 g/mol. The zero-order chi connectivity index (χ0) is 40.8. The Hall–Kier alpha value is -3.20. The van der Waals surface area contributed by atoms with Gasteiger partial charge in [-0.25, -0.2) is 0 Å². The Morgan fingerprint density at radius 3 is 0.983 bits per heavy atom. The third kappa shape index (κ3) is 11.1. The number of rotatable bonds is 8. The number of halogens is 6. The van der Waals surface area contributed by atoms with Gasteiger partial charge < -0.3 is 20.1 Å². The van der Waals surface area contributed by atoms with Gasteiger partial charge in [0.05, 0.1) is 12.1 Å². The first kappa shape index (κ1) is 42.9. The number of carbonyl (C=O) groups is 2. The van der Waals surface area contributed by atoms with Gasteiger partial charge >= 0.3 is 0 Å². The fraction of sp³-hybridized carbons (Fsp3) is 0.174. The lowest BCUT2D eigenvalue weighted by molar-refractivity contribution is -0.151. The van der Waals surface area contributed by atoms with Crippen LogP contribution in [0.15, 0.2) is 146 Å². The van der Waals surface area contributed by atoms with Gasteiger partial charge in [-0.15, -0.1) is 0 Å². The van der Waals surface area contributed by atoms with E-state index in [1.807, 2.05) is 146 Å². The number of ether oxygens (including phenoxy) is 2. The van der Waals surface area contributed by atoms with Gasteiger partial charge in [0.25, 0.3) is 0 Å². The highest BCUT2D eigenvalue weighted by Crippen LogP contribution is 2.39. The number of hydrogen-bond donors (Lipinski definition) is 2. The van der Waals surface area contributed by atoms with Crippen molar-refractivity contribution in [2.45, 2.75) is 49.3 Å². The summed E-state index contributed by atoms with van der Waals surface area (Å²) in [5.74, 6) is -0.234. The molecule has 2 heterocycles. The maximum absolute atomic E-state index is 12.9. The van der Waals surface area contributed by atoms with E-state index in [1.54, 1.807) is 0 Å². The van der Waals surface area contributed by atoms with Gasteiger partial charge in [0.2, 0.25) is 11.8 Å². The lowest BCUT2D eigenvalue weighted by Gasteiger charge is -2.37. The van der Waals surface area contributed by atoms with Gasteiger partial charge in [-0.1, -0.05) is 119 Å². The van der Waals surface area contributed by atoms with Crippen LogP contribution in [0.1, 0.15) is 57.7 Å². The molecule has 2 saturated heterocycles. The van der Waals surface area contributed by atoms with E-state index in [9.17, 15) is 9.59 Å². The molecule has 58 heavy (non-hydrogen) atoms. The van der Waals surface area contributed by atoms with Crippen molar-refractivity contribution in [2.24, 2.45) is 0 Å². The summed E-state index contributed by atoms with van der Waals surface area (Å²) in [6.45, 7) is 0. The summed E-state index contributed by atoms with van der Waals surface area (Å²) >= 11 is 28.7. The molecule has 1 unspecified atom stereocenters. The number of carbonyl (C=O) groups excluding carboxylic acids is 2. The van der Waals surface area contributed by atoms with Crippen molar-refractivity contribution in [1.82, 2.24) is 10.6 Å². The topological polar surface area (TPSA) is 76.7 Å². The molecule has 2 amide bonds. The number of amides is 2. The maximum atomic E-state index is 12.9. The van der Waals surface area contributed by atoms with E-state index in [0.717, 1.165) is 40.5 Å². The highest BCUT2D eigenvalue weighted by Gasteiger charge is 2.39. The summed E-state index contributed by atoms with van der Waals surface area (Å²) in [6.07, 6.45) is -0.779. The Bertz CT molecular complexity index is 2150. The summed E-state index contributed by atoms with van der Waals surface area (Å²) in [7, 11) is 0. The number of hydrogen-bond acceptors (Lipinski definition) is 4. The van der Waals surface area contributed by atoms with Crippen LogP contribution in [0, 0.1) is 7.14 Å². The van der Waals surface area contributed by atoms with Crippen LogP contribution in [0.2, 0.25) is 20.1 Å². The number of morpholine rings is 2. The summed E-state index contributed by atoms with van der Waals surface area (Å²) in [6, 6.07) is 45.7. The van der Waals surface area contributed by atoms with Crippen LogP contribution in [0.25, 0.3) is 0 Å². The summed E-state index contributed by atoms with van der Waals surface area (Å²) in [4.78, 5) is 25.7. The average Bonchev–Trinajstić information content (AvgIpc) is 3.22. The van der Waals surface area contributed by atoms with Crippen LogP contribution < -0.4 is 10.6 Å². The van der Waals surface area contributed by atoms with E-state index in [1.165, 1.54) is 0 Å². The van der Waals surface area contributed by atoms with Crippen molar-refractivity contribution < 1.29 is 19.1 Å². The first-order chi connectivity index (χ1) is 28.0. The van der Waals surface area contributed by atoms with Gasteiger partial charge in [0, 0.05) is 40.1 Å². The molecule has 2 aliphatic rings. The van der Waals surface area contributed by atoms with Gasteiger partial charge in [-0.3, -0.25) is 9.59 Å². The average molecular weight is 1080 g/mol. The monoisotopic (exact) mass is 1070 g/mol. The smallest absolute Gasteiger partial charge is 0.250 e. The second kappa shape index (κ2) is 19.9. The third-order valence-electron chi connectivity index (χ3n) is 9.93. The highest BCUT2D eigenvalue weighted by molar-refractivity contribution is 14.1. The van der Waals surface area contributed by atoms with E-state index in [-0.39, 0.29) is 36.1 Å². The van der Waals surface area contributed by atoms with Crippen molar-refractivity contribution >= 4 is 103 Å². The predicted molar refractivity (Wildman–Crippen MR) is 249 cm³/mol. The second-order valence-corrected chi connectivity index (χ2v) is 18.2. The van der Waals surface area contributed by atoms with Crippen LogP contribution in [-0.4, -0.2) is 24.0 Å². The van der Waals surface area contributed by atoms with Crippen molar-refractivity contribution in [3.63, 3.8) is 0 Å². The third-order valence-corrected chi connectivity index (χ3v) is 12.4. The lowest BCUT2D eigenvalue weighted by Crippen LogP contribution is -2.48. The Morgan fingerprint density at radius 1 is 0.414 bits per heavy atom. The van der Waals surface area contributed by atoms with Crippen LogP contribution in [0.5, 0.6) is 0 Å². The normalized spacial score (nSPS) is 21.6. The van der Waals surface area contributed by atoms with Crippen LogP contribution >= 0.6 is 91.6 Å². The summed E-state index contributed by atoms with van der Waals surface area (Å²) in [5, 5.41) is 8.93. The molecule has 0 aromatic heterocycles. The molecular formula is C46H36Cl4I2N2O4. The minimum Gasteiger partial charge on any atom is -0.358 e. The molecule has 8 rings (SSSR count). The van der Waals surface area contributed by atoms with Gasteiger partial charge in [-0.05, 0) is 151 Å². The minimum absolute atomic E-state index is 0.117. The quantitative estimate of drug-likeness (QED) is 0.149. The fourth-order valence-corrected chi connectivity index (χ4v) is 8.16. The minimum atomic E-state index is -0.570. The highest BCUT2D eigenvalue weighted by atomic mass is 127. The summed E-state index contributed by atoms with van der Waals surface area (Å²) in [5.41, 5.74) is 5.92. The molecule has 12 heteroatoms. The van der Waals surface area contributed by atoms with Crippen LogP contribution in [-0.2, 0) is 31.9 Å². The molecule has 6 aromatic rings. The largest absolute Gasteiger partial charge is 0.358 e. The molecule has 2 N–H and O–H groups in total. The molecule has 0 radical (unpaired) electrons. The van der Waals surface area contributed by atoms with Crippen molar-refractivity contribution in [3.8, 4) is 0 Å². The van der Waals surface area contributed by atoms with Crippen molar-refractivity contribution in [1.29, 1.82) is 0 Å². The predicted octanol–water partition coefficient (Wildman–Crippen LogP) is 12.3. The Labute approximate surface area is 385 Å². The lowest BCUT2D eigenvalue weighted by atomic mass is 9.92. The van der Waals surface area contributed by atoms with Gasteiger partial charge in [0.1, 0.15) is 24.4 Å². The Balaban J connectivity index is 0.000000177. The fourth-order valence-electron chi connectivity index (χ4n) is 6.93. The molecule has 2 aliphatic heterocycles. The zero-order valence-electron chi connectivity index (χ0n) is 30.6. The van der Waals surface area contributed by atoms with E-state index in [0.29, 0.717) is 32.9 Å². The van der Waals surface area contributed by atoms with E-state index in [4.69, 9.17) is 55.9 Å². The zero-order valence-corrected chi connectivity index (χ0v) is 38.0. The molecule has 6 nitrogen and oxygen atoms in total. The van der Waals surface area contributed by atoms with E-state index >= 15 is 0 Å². The van der Waals surface area contributed by atoms with Crippen LogP contribution in [0.3, 0.4) is 0 Å². The number of benzene rings is 6. The maximum Gasteiger partial charge on any atom is 0.250 e. The van der Waals surface area contributed by atoms with E-state index in [2.05, 4.69) is 55.8 Å². The van der Waals surface area contributed by atoms with Crippen LogP contribution in [0.4, 0.5) is 0 Å². The first-order valence-electron chi connectivity index (χ1n) is 18.4. The van der Waals surface area contributed by atoms with Crippen molar-refractivity contribution in [2.75, 3.05) is 0 Å². The molecule has 6 aromatic carbocycles. The molecule has 6 atom stereocenters. The molecule has 2 fully saturated rings. The molecule has 0 bridgehead atoms. The second-order valence-electron chi connectivity index (χ2n) is 13.9. The molecule has 0 spiro atoms. The molecule has 0 saturated carbocycles. The SMILES string of the molecule is O=C1NC(c2ccc(Cl)cc2)[C@@H](c2ccc(Cl)cc2)O[C@@H]1Cc1ccc(I)cc1.O=C1N[C@H](c2ccc(Cl)cc2)[C@H](c2ccc(Cl)cc2)O[C@H]1Cc1ccc(I)cc1. The van der Waals surface area contributed by atoms with Crippen molar-refractivity contribution in [3.05, 3.63) is 206 Å². The first-order valence-corrected chi connectivity index (χ1v) is 22.1. The van der Waals surface area contributed by atoms with E-state index < -0.39 is 12.2 Å².